The van der Waals surface area contributed by atoms with E-state index in [2.05, 4.69) is 5.32 Å². The molecular weight excluding hydrogens is 394 g/mol. The first-order chi connectivity index (χ1) is 15.1. The Morgan fingerprint density at radius 2 is 1.71 bits per heavy atom. The van der Waals surface area contributed by atoms with Gasteiger partial charge in [-0.25, -0.2) is 4.79 Å². The van der Waals surface area contributed by atoms with Gasteiger partial charge in [-0.1, -0.05) is 54.6 Å². The predicted octanol–water partition coefficient (Wildman–Crippen LogP) is 4.67. The first-order valence-corrected chi connectivity index (χ1v) is 9.84. The third-order valence-corrected chi connectivity index (χ3v) is 4.74. The molecule has 3 aromatic rings. The Morgan fingerprint density at radius 3 is 2.55 bits per heavy atom. The fourth-order valence-corrected chi connectivity index (χ4v) is 3.14. The number of para-hydroxylation sites is 1. The van der Waals surface area contributed by atoms with Crippen LogP contribution in [0.15, 0.2) is 78.9 Å². The summed E-state index contributed by atoms with van der Waals surface area (Å²) in [6, 6.07) is 22.6. The van der Waals surface area contributed by atoms with Crippen molar-refractivity contribution in [2.75, 3.05) is 12.1 Å². The van der Waals surface area contributed by atoms with Crippen LogP contribution in [0.25, 0.3) is 17.2 Å². The average molecular weight is 415 g/mol. The van der Waals surface area contributed by atoms with Crippen LogP contribution in [0.2, 0.25) is 0 Å². The van der Waals surface area contributed by atoms with Crippen LogP contribution in [-0.2, 0) is 14.3 Å². The lowest BCUT2D eigenvalue weighted by Crippen LogP contribution is -2.29. The number of esters is 1. The van der Waals surface area contributed by atoms with Gasteiger partial charge in [-0.15, -0.1) is 0 Å². The number of anilines is 1. The lowest BCUT2D eigenvalue weighted by atomic mass is 10.0. The van der Waals surface area contributed by atoms with E-state index >= 15 is 0 Å². The molecule has 0 bridgehead atoms. The minimum Gasteiger partial charge on any atom is -0.454 e. The molecule has 6 nitrogen and oxygen atoms in total. The summed E-state index contributed by atoms with van der Waals surface area (Å²) in [7, 11) is 0. The standard InChI is InChI=1S/C25H21NO5/c1-17(31-24(27)14-12-18-11-13-22-23(15-18)30-16-29-22)25(28)26-21-10-6-5-9-20(21)19-7-3-2-4-8-19/h2-15,17H,16H2,1H3,(H,26,28)/b14-12+/t17-/m1/s1. The number of carbonyl (C=O) groups is 2. The first kappa shape index (κ1) is 20.2. The Kier molecular flexibility index (Phi) is 5.98. The van der Waals surface area contributed by atoms with Crippen molar-refractivity contribution in [1.29, 1.82) is 0 Å². The Balaban J connectivity index is 1.37. The van der Waals surface area contributed by atoms with E-state index in [0.717, 1.165) is 16.7 Å². The lowest BCUT2D eigenvalue weighted by molar-refractivity contribution is -0.148. The molecule has 1 amide bonds. The maximum atomic E-state index is 12.6. The Hall–Kier alpha value is -4.06. The largest absolute Gasteiger partial charge is 0.454 e. The number of fused-ring (bicyclic) bond motifs is 1. The summed E-state index contributed by atoms with van der Waals surface area (Å²) in [5.41, 5.74) is 3.28. The number of ether oxygens (including phenoxy) is 3. The zero-order chi connectivity index (χ0) is 21.6. The third kappa shape index (κ3) is 4.93. The highest BCUT2D eigenvalue weighted by Gasteiger charge is 2.18. The molecule has 0 fully saturated rings. The van der Waals surface area contributed by atoms with Gasteiger partial charge in [0.15, 0.2) is 17.6 Å². The van der Waals surface area contributed by atoms with E-state index < -0.39 is 18.0 Å². The summed E-state index contributed by atoms with van der Waals surface area (Å²) in [5.74, 6) is 0.269. The second kappa shape index (κ2) is 9.17. The van der Waals surface area contributed by atoms with Gasteiger partial charge in [0.05, 0.1) is 0 Å². The van der Waals surface area contributed by atoms with Crippen molar-refractivity contribution in [2.45, 2.75) is 13.0 Å². The summed E-state index contributed by atoms with van der Waals surface area (Å²) in [6.45, 7) is 1.72. The van der Waals surface area contributed by atoms with Gasteiger partial charge in [-0.2, -0.15) is 0 Å². The molecule has 1 aliphatic rings. The number of amides is 1. The Morgan fingerprint density at radius 1 is 0.968 bits per heavy atom. The number of hydrogen-bond donors (Lipinski definition) is 1. The molecule has 6 heteroatoms. The molecular formula is C25H21NO5. The molecule has 156 valence electrons. The van der Waals surface area contributed by atoms with Crippen molar-refractivity contribution in [1.82, 2.24) is 0 Å². The smallest absolute Gasteiger partial charge is 0.331 e. The van der Waals surface area contributed by atoms with Gasteiger partial charge in [0, 0.05) is 17.3 Å². The van der Waals surface area contributed by atoms with Crippen LogP contribution in [0.5, 0.6) is 11.5 Å². The van der Waals surface area contributed by atoms with Crippen LogP contribution in [0, 0.1) is 0 Å². The molecule has 0 radical (unpaired) electrons. The van der Waals surface area contributed by atoms with Crippen LogP contribution in [0.3, 0.4) is 0 Å². The molecule has 1 N–H and O–H groups in total. The fraction of sp³-hybridized carbons (Fsp3) is 0.120. The highest BCUT2D eigenvalue weighted by molar-refractivity contribution is 5.99. The van der Waals surface area contributed by atoms with Crippen molar-refractivity contribution >= 4 is 23.6 Å². The number of rotatable bonds is 6. The lowest BCUT2D eigenvalue weighted by Gasteiger charge is -2.15. The molecule has 3 aromatic carbocycles. The van der Waals surface area contributed by atoms with Gasteiger partial charge >= 0.3 is 5.97 Å². The number of hydrogen-bond acceptors (Lipinski definition) is 5. The van der Waals surface area contributed by atoms with Crippen LogP contribution in [0.1, 0.15) is 12.5 Å². The summed E-state index contributed by atoms with van der Waals surface area (Å²) >= 11 is 0. The van der Waals surface area contributed by atoms with Gasteiger partial charge in [0.2, 0.25) is 6.79 Å². The summed E-state index contributed by atoms with van der Waals surface area (Å²) < 4.78 is 15.8. The summed E-state index contributed by atoms with van der Waals surface area (Å²) in [4.78, 5) is 24.8. The van der Waals surface area contributed by atoms with Gasteiger partial charge < -0.3 is 19.5 Å². The molecule has 31 heavy (non-hydrogen) atoms. The zero-order valence-corrected chi connectivity index (χ0v) is 16.9. The minimum atomic E-state index is -0.960. The van der Waals surface area contributed by atoms with Crippen molar-refractivity contribution in [3.8, 4) is 22.6 Å². The maximum absolute atomic E-state index is 12.6. The number of nitrogens with one attached hydrogen (secondary N) is 1. The molecule has 1 aliphatic heterocycles. The van der Waals surface area contributed by atoms with Gasteiger partial charge in [0.25, 0.3) is 5.91 Å². The molecule has 0 unspecified atom stereocenters. The fourth-order valence-electron chi connectivity index (χ4n) is 3.14. The van der Waals surface area contributed by atoms with Crippen molar-refractivity contribution in [2.24, 2.45) is 0 Å². The summed E-state index contributed by atoms with van der Waals surface area (Å²) in [6.07, 6.45) is 1.91. The second-order valence-electron chi connectivity index (χ2n) is 6.93. The summed E-state index contributed by atoms with van der Waals surface area (Å²) in [5, 5.41) is 2.85. The van der Waals surface area contributed by atoms with Gasteiger partial charge in [-0.05, 0) is 42.3 Å². The van der Waals surface area contributed by atoms with E-state index in [1.54, 1.807) is 24.3 Å². The van der Waals surface area contributed by atoms with E-state index in [1.165, 1.54) is 13.0 Å². The van der Waals surface area contributed by atoms with Crippen LogP contribution < -0.4 is 14.8 Å². The van der Waals surface area contributed by atoms with Crippen molar-refractivity contribution in [3.63, 3.8) is 0 Å². The van der Waals surface area contributed by atoms with E-state index in [9.17, 15) is 9.59 Å². The molecule has 1 atom stereocenters. The quantitative estimate of drug-likeness (QED) is 0.468. The normalized spacial score (nSPS) is 13.1. The van der Waals surface area contributed by atoms with Crippen LogP contribution in [-0.4, -0.2) is 24.8 Å². The van der Waals surface area contributed by atoms with E-state index in [1.807, 2.05) is 54.6 Å². The van der Waals surface area contributed by atoms with E-state index in [4.69, 9.17) is 14.2 Å². The molecule has 0 aromatic heterocycles. The zero-order valence-electron chi connectivity index (χ0n) is 16.9. The number of benzene rings is 3. The molecule has 1 heterocycles. The molecule has 0 saturated heterocycles. The molecule has 0 aliphatic carbocycles. The number of carbonyl (C=O) groups excluding carboxylic acids is 2. The minimum absolute atomic E-state index is 0.185. The first-order valence-electron chi connectivity index (χ1n) is 9.84. The van der Waals surface area contributed by atoms with Crippen LogP contribution >= 0.6 is 0 Å². The highest BCUT2D eigenvalue weighted by atomic mass is 16.7. The Labute approximate surface area is 180 Å². The van der Waals surface area contributed by atoms with Gasteiger partial charge in [-0.3, -0.25) is 4.79 Å². The van der Waals surface area contributed by atoms with E-state index in [0.29, 0.717) is 17.2 Å². The topological polar surface area (TPSA) is 73.9 Å². The third-order valence-electron chi connectivity index (χ3n) is 4.74. The monoisotopic (exact) mass is 415 g/mol. The predicted molar refractivity (Wildman–Crippen MR) is 118 cm³/mol. The molecule has 4 rings (SSSR count). The van der Waals surface area contributed by atoms with E-state index in [-0.39, 0.29) is 6.79 Å². The maximum Gasteiger partial charge on any atom is 0.331 e. The highest BCUT2D eigenvalue weighted by Crippen LogP contribution is 2.32. The second-order valence-corrected chi connectivity index (χ2v) is 6.93. The van der Waals surface area contributed by atoms with Gasteiger partial charge in [0.1, 0.15) is 0 Å². The molecule has 0 spiro atoms. The average Bonchev–Trinajstić information content (AvgIpc) is 3.26. The Bertz CT molecular complexity index is 1120. The molecule has 0 saturated carbocycles. The van der Waals surface area contributed by atoms with Crippen molar-refractivity contribution < 1.29 is 23.8 Å². The SMILES string of the molecule is C[C@@H](OC(=O)/C=C/c1ccc2c(c1)OCO2)C(=O)Nc1ccccc1-c1ccccc1. The van der Waals surface area contributed by atoms with Crippen LogP contribution in [0.4, 0.5) is 5.69 Å². The van der Waals surface area contributed by atoms with Crippen molar-refractivity contribution in [3.05, 3.63) is 84.4 Å².